The van der Waals surface area contributed by atoms with Gasteiger partial charge in [0.2, 0.25) is 5.91 Å². The van der Waals surface area contributed by atoms with Crippen LogP contribution in [0.5, 0.6) is 5.75 Å². The lowest BCUT2D eigenvalue weighted by Crippen LogP contribution is -2.29. The molecule has 0 bridgehead atoms. The summed E-state index contributed by atoms with van der Waals surface area (Å²) in [7, 11) is 1.58. The van der Waals surface area contributed by atoms with Crippen molar-refractivity contribution in [3.05, 3.63) is 57.3 Å². The zero-order chi connectivity index (χ0) is 21.7. The second kappa shape index (κ2) is 9.31. The number of thiazole rings is 1. The van der Waals surface area contributed by atoms with E-state index in [1.807, 2.05) is 12.1 Å². The van der Waals surface area contributed by atoms with Gasteiger partial charge in [0.1, 0.15) is 17.2 Å². The number of carbonyl (C=O) groups excluding carboxylic acids is 2. The van der Waals surface area contributed by atoms with Crippen molar-refractivity contribution < 1.29 is 19.1 Å². The molecular weight excluding hydrogens is 408 g/mol. The minimum Gasteiger partial charge on any atom is -0.497 e. The molecule has 2 aromatic heterocycles. The van der Waals surface area contributed by atoms with E-state index < -0.39 is 17.4 Å². The summed E-state index contributed by atoms with van der Waals surface area (Å²) in [4.78, 5) is 40.9. The van der Waals surface area contributed by atoms with Crippen molar-refractivity contribution in [3.8, 4) is 17.0 Å². The molecule has 0 atom stereocenters. The second-order valence-corrected chi connectivity index (χ2v) is 7.14. The van der Waals surface area contributed by atoms with Crippen LogP contribution < -0.4 is 15.6 Å². The Hall–Kier alpha value is -3.53. The molecule has 30 heavy (non-hydrogen) atoms. The van der Waals surface area contributed by atoms with Gasteiger partial charge in [-0.1, -0.05) is 11.3 Å². The summed E-state index contributed by atoms with van der Waals surface area (Å²) < 4.78 is 11.2. The fourth-order valence-corrected chi connectivity index (χ4v) is 3.49. The quantitative estimate of drug-likeness (QED) is 0.575. The van der Waals surface area contributed by atoms with Crippen LogP contribution in [0.1, 0.15) is 22.3 Å². The number of aromatic nitrogens is 3. The molecule has 1 amide bonds. The molecule has 0 saturated carbocycles. The van der Waals surface area contributed by atoms with Gasteiger partial charge < -0.3 is 14.8 Å². The maximum absolute atomic E-state index is 12.4. The number of carbonyl (C=O) groups is 2. The number of benzene rings is 1. The summed E-state index contributed by atoms with van der Waals surface area (Å²) >= 11 is 1.02. The smallest absolute Gasteiger partial charge is 0.350 e. The first-order chi connectivity index (χ1) is 14.4. The van der Waals surface area contributed by atoms with Gasteiger partial charge in [0.15, 0.2) is 5.13 Å². The Morgan fingerprint density at radius 3 is 2.57 bits per heavy atom. The zero-order valence-corrected chi connectivity index (χ0v) is 17.5. The second-order valence-electron chi connectivity index (χ2n) is 6.15. The number of esters is 1. The van der Waals surface area contributed by atoms with Gasteiger partial charge >= 0.3 is 5.97 Å². The summed E-state index contributed by atoms with van der Waals surface area (Å²) in [5.41, 5.74) is 1.37. The van der Waals surface area contributed by atoms with Crippen molar-refractivity contribution in [2.45, 2.75) is 20.4 Å². The number of amides is 1. The van der Waals surface area contributed by atoms with Gasteiger partial charge in [0.05, 0.1) is 25.1 Å². The molecule has 1 aromatic carbocycles. The van der Waals surface area contributed by atoms with Gasteiger partial charge in [-0.25, -0.2) is 14.5 Å². The lowest BCUT2D eigenvalue weighted by atomic mass is 10.1. The van der Waals surface area contributed by atoms with Crippen molar-refractivity contribution >= 4 is 28.3 Å². The van der Waals surface area contributed by atoms with Gasteiger partial charge in [-0.05, 0) is 44.2 Å². The van der Waals surface area contributed by atoms with E-state index in [2.05, 4.69) is 15.4 Å². The van der Waals surface area contributed by atoms with Crippen molar-refractivity contribution in [1.29, 1.82) is 0 Å². The molecule has 1 N–H and O–H groups in total. The molecule has 10 heteroatoms. The highest BCUT2D eigenvalue weighted by molar-refractivity contribution is 7.17. The number of anilines is 1. The number of nitrogens with zero attached hydrogens (tertiary/aromatic N) is 3. The molecule has 3 aromatic rings. The summed E-state index contributed by atoms with van der Waals surface area (Å²) in [6.45, 7) is 3.32. The Bertz CT molecular complexity index is 1120. The van der Waals surface area contributed by atoms with Gasteiger partial charge in [-0.15, -0.1) is 0 Å². The molecular formula is C20H20N4O5S. The van der Waals surface area contributed by atoms with Crippen LogP contribution in [-0.2, 0) is 16.1 Å². The number of hydrogen-bond donors (Lipinski definition) is 1. The van der Waals surface area contributed by atoms with Crippen LogP contribution in [0.3, 0.4) is 0 Å². The number of nitrogens with one attached hydrogen (secondary N) is 1. The van der Waals surface area contributed by atoms with Crippen molar-refractivity contribution in [3.63, 3.8) is 0 Å². The third kappa shape index (κ3) is 4.90. The van der Waals surface area contributed by atoms with E-state index >= 15 is 0 Å². The number of ether oxygens (including phenoxy) is 2. The van der Waals surface area contributed by atoms with Gasteiger partial charge in [0.25, 0.3) is 5.56 Å². The summed E-state index contributed by atoms with van der Waals surface area (Å²) in [5.74, 6) is -0.272. The van der Waals surface area contributed by atoms with E-state index in [0.717, 1.165) is 21.6 Å². The van der Waals surface area contributed by atoms with E-state index in [-0.39, 0.29) is 18.3 Å². The Kier molecular flexibility index (Phi) is 6.58. The minimum atomic E-state index is -0.488. The van der Waals surface area contributed by atoms with Crippen LogP contribution >= 0.6 is 11.3 Å². The molecule has 0 radical (unpaired) electrons. The molecule has 0 aliphatic heterocycles. The maximum atomic E-state index is 12.4. The van der Waals surface area contributed by atoms with E-state index in [0.29, 0.717) is 22.0 Å². The highest BCUT2D eigenvalue weighted by Gasteiger charge is 2.18. The molecule has 0 aliphatic carbocycles. The third-order valence-corrected chi connectivity index (χ3v) is 5.10. The van der Waals surface area contributed by atoms with E-state index in [9.17, 15) is 14.4 Å². The van der Waals surface area contributed by atoms with Crippen LogP contribution in [0.25, 0.3) is 11.3 Å². The standard InChI is InChI=1S/C20H20N4O5S/c1-4-29-19(27)18-12(2)21-20(30-18)22-16(25)11-24-17(26)10-9-15(23-24)13-5-7-14(28-3)8-6-13/h5-10H,4,11H2,1-3H3,(H,21,22,25). The Balaban J connectivity index is 1.74. The van der Waals surface area contributed by atoms with Crippen LogP contribution in [-0.4, -0.2) is 40.4 Å². The lowest BCUT2D eigenvalue weighted by Gasteiger charge is -2.07. The van der Waals surface area contributed by atoms with Gasteiger partial charge in [0, 0.05) is 11.6 Å². The molecule has 9 nitrogen and oxygen atoms in total. The first kappa shape index (κ1) is 21.2. The molecule has 0 saturated heterocycles. The molecule has 2 heterocycles. The van der Waals surface area contributed by atoms with Crippen molar-refractivity contribution in [2.75, 3.05) is 19.0 Å². The first-order valence-corrected chi connectivity index (χ1v) is 9.90. The zero-order valence-electron chi connectivity index (χ0n) is 16.7. The van der Waals surface area contributed by atoms with Crippen molar-refractivity contribution in [2.24, 2.45) is 0 Å². The molecule has 0 fully saturated rings. The van der Waals surface area contributed by atoms with Gasteiger partial charge in [-0.2, -0.15) is 5.10 Å². The van der Waals surface area contributed by atoms with Crippen LogP contribution in [0.4, 0.5) is 5.13 Å². The number of aryl methyl sites for hydroxylation is 1. The Morgan fingerprint density at radius 2 is 1.90 bits per heavy atom. The third-order valence-electron chi connectivity index (χ3n) is 4.05. The maximum Gasteiger partial charge on any atom is 0.350 e. The number of rotatable bonds is 7. The van der Waals surface area contributed by atoms with E-state index in [4.69, 9.17) is 9.47 Å². The topological polar surface area (TPSA) is 112 Å². The average Bonchev–Trinajstić information content (AvgIpc) is 3.10. The number of hydrogen-bond acceptors (Lipinski definition) is 8. The number of methoxy groups -OCH3 is 1. The predicted octanol–water partition coefficient (Wildman–Crippen LogP) is 2.50. The van der Waals surface area contributed by atoms with Gasteiger partial charge in [-0.3, -0.25) is 9.59 Å². The average molecular weight is 428 g/mol. The largest absolute Gasteiger partial charge is 0.497 e. The van der Waals surface area contributed by atoms with Crippen LogP contribution in [0, 0.1) is 6.92 Å². The highest BCUT2D eigenvalue weighted by atomic mass is 32.1. The predicted molar refractivity (Wildman–Crippen MR) is 112 cm³/mol. The minimum absolute atomic E-state index is 0.247. The SMILES string of the molecule is CCOC(=O)c1sc(NC(=O)Cn2nc(-c3ccc(OC)cc3)ccc2=O)nc1C. The Morgan fingerprint density at radius 1 is 1.17 bits per heavy atom. The summed E-state index contributed by atoms with van der Waals surface area (Å²) in [5, 5.41) is 7.11. The molecule has 0 spiro atoms. The van der Waals surface area contributed by atoms with E-state index in [1.165, 1.54) is 6.07 Å². The van der Waals surface area contributed by atoms with Crippen LogP contribution in [0.2, 0.25) is 0 Å². The Labute approximate surface area is 176 Å². The van der Waals surface area contributed by atoms with Crippen LogP contribution in [0.15, 0.2) is 41.2 Å². The monoisotopic (exact) mass is 428 g/mol. The summed E-state index contributed by atoms with van der Waals surface area (Å²) in [6.07, 6.45) is 0. The molecule has 3 rings (SSSR count). The van der Waals surface area contributed by atoms with E-state index in [1.54, 1.807) is 39.2 Å². The highest BCUT2D eigenvalue weighted by Crippen LogP contribution is 2.23. The normalized spacial score (nSPS) is 10.5. The fraction of sp³-hybridized carbons (Fsp3) is 0.250. The molecule has 0 unspecified atom stereocenters. The molecule has 156 valence electrons. The van der Waals surface area contributed by atoms with Crippen molar-refractivity contribution in [1.82, 2.24) is 14.8 Å². The lowest BCUT2D eigenvalue weighted by molar-refractivity contribution is -0.117. The first-order valence-electron chi connectivity index (χ1n) is 9.08. The fourth-order valence-electron chi connectivity index (χ4n) is 2.61. The molecule has 0 aliphatic rings. The summed E-state index contributed by atoms with van der Waals surface area (Å²) in [6, 6.07) is 10.1.